The van der Waals surface area contributed by atoms with Gasteiger partial charge in [-0.2, -0.15) is 0 Å². The maximum atomic E-state index is 13.9. The van der Waals surface area contributed by atoms with Crippen LogP contribution in [0, 0.1) is 5.82 Å². The van der Waals surface area contributed by atoms with E-state index in [9.17, 15) is 12.8 Å². The third-order valence-electron chi connectivity index (χ3n) is 5.63. The highest BCUT2D eigenvalue weighted by atomic mass is 79.9. The Bertz CT molecular complexity index is 1640. The highest BCUT2D eigenvalue weighted by Crippen LogP contribution is 2.35. The van der Waals surface area contributed by atoms with Crippen LogP contribution in [0.2, 0.25) is 0 Å². The Morgan fingerprint density at radius 1 is 1.00 bits per heavy atom. The summed E-state index contributed by atoms with van der Waals surface area (Å²) in [5.74, 6) is 0.326. The van der Waals surface area contributed by atoms with Gasteiger partial charge in [-0.05, 0) is 75.4 Å². The molecule has 6 nitrogen and oxygen atoms in total. The fraction of sp³-hybridized carbons (Fsp3) is 0.0769. The average molecular weight is 584 g/mol. The Morgan fingerprint density at radius 3 is 2.50 bits per heavy atom. The molecule has 36 heavy (non-hydrogen) atoms. The van der Waals surface area contributed by atoms with E-state index in [-0.39, 0.29) is 17.3 Å². The van der Waals surface area contributed by atoms with Gasteiger partial charge in [-0.15, -0.1) is 11.3 Å². The molecule has 0 aliphatic heterocycles. The minimum absolute atomic E-state index is 0.113. The van der Waals surface area contributed by atoms with Crippen molar-refractivity contribution < 1.29 is 17.5 Å². The summed E-state index contributed by atoms with van der Waals surface area (Å²) >= 11 is 4.65. The molecule has 0 radical (unpaired) electrons. The van der Waals surface area contributed by atoms with Crippen LogP contribution in [0.5, 0.6) is 5.75 Å². The van der Waals surface area contributed by atoms with Crippen LogP contribution in [-0.2, 0) is 16.6 Å². The molecular formula is C26H19BrFN3O3S2. The quantitative estimate of drug-likeness (QED) is 0.214. The number of aromatic nitrogens is 2. The van der Waals surface area contributed by atoms with Crippen LogP contribution in [0.25, 0.3) is 22.0 Å². The number of halogens is 2. The third kappa shape index (κ3) is 4.71. The molecule has 2 heterocycles. The Hall–Kier alpha value is -3.34. The van der Waals surface area contributed by atoms with Gasteiger partial charge in [-0.25, -0.2) is 22.1 Å². The first-order valence-corrected chi connectivity index (χ1v) is 13.9. The maximum absolute atomic E-state index is 13.9. The number of pyridine rings is 1. The second kappa shape index (κ2) is 9.96. The Labute approximate surface area is 220 Å². The van der Waals surface area contributed by atoms with Crippen LogP contribution in [0.15, 0.2) is 93.9 Å². The summed E-state index contributed by atoms with van der Waals surface area (Å²) in [6.07, 6.45) is 3.19. The lowest BCUT2D eigenvalue weighted by Crippen LogP contribution is -2.30. The molecule has 0 unspecified atom stereocenters. The molecule has 5 rings (SSSR count). The van der Waals surface area contributed by atoms with Crippen LogP contribution in [-0.4, -0.2) is 25.5 Å². The van der Waals surface area contributed by atoms with E-state index >= 15 is 0 Å². The summed E-state index contributed by atoms with van der Waals surface area (Å²) in [6.45, 7) is 0.113. The molecule has 5 aromatic rings. The van der Waals surface area contributed by atoms with Gasteiger partial charge in [0.15, 0.2) is 5.13 Å². The van der Waals surface area contributed by atoms with Crippen LogP contribution in [0.3, 0.4) is 0 Å². The SMILES string of the molecule is COc1ccc(CN(c2nccs2)S(=O)(=O)c2ccc3c(-c4ccc(F)cc4Br)nccc3c2)cc1. The van der Waals surface area contributed by atoms with E-state index in [1.54, 1.807) is 67.3 Å². The summed E-state index contributed by atoms with van der Waals surface area (Å²) in [4.78, 5) is 8.87. The monoisotopic (exact) mass is 583 g/mol. The van der Waals surface area contributed by atoms with Crippen molar-refractivity contribution in [1.82, 2.24) is 9.97 Å². The first-order valence-electron chi connectivity index (χ1n) is 10.8. The van der Waals surface area contributed by atoms with Gasteiger partial charge >= 0.3 is 0 Å². The molecule has 0 N–H and O–H groups in total. The summed E-state index contributed by atoms with van der Waals surface area (Å²) in [7, 11) is -2.37. The van der Waals surface area contributed by atoms with Gasteiger partial charge in [0.05, 0.1) is 24.2 Å². The van der Waals surface area contributed by atoms with Crippen molar-refractivity contribution in [2.45, 2.75) is 11.4 Å². The number of thiazole rings is 1. The van der Waals surface area contributed by atoms with Crippen molar-refractivity contribution in [2.75, 3.05) is 11.4 Å². The molecule has 0 saturated carbocycles. The molecule has 182 valence electrons. The van der Waals surface area contributed by atoms with E-state index < -0.39 is 10.0 Å². The molecule has 3 aromatic carbocycles. The zero-order valence-electron chi connectivity index (χ0n) is 18.9. The summed E-state index contributed by atoms with van der Waals surface area (Å²) in [6, 6.07) is 18.3. The lowest BCUT2D eigenvalue weighted by molar-refractivity contribution is 0.414. The zero-order chi connectivity index (χ0) is 25.3. The van der Waals surface area contributed by atoms with Gasteiger partial charge < -0.3 is 4.74 Å². The van der Waals surface area contributed by atoms with Gasteiger partial charge in [0, 0.05) is 33.2 Å². The largest absolute Gasteiger partial charge is 0.497 e. The molecule has 0 fully saturated rings. The number of ether oxygens (including phenoxy) is 1. The Kier molecular flexibility index (Phi) is 6.74. The van der Waals surface area contributed by atoms with Gasteiger partial charge in [-0.3, -0.25) is 4.98 Å². The van der Waals surface area contributed by atoms with E-state index in [0.717, 1.165) is 10.9 Å². The number of anilines is 1. The second-order valence-electron chi connectivity index (χ2n) is 7.84. The summed E-state index contributed by atoms with van der Waals surface area (Å²) < 4.78 is 48.4. The fourth-order valence-electron chi connectivity index (χ4n) is 3.83. The van der Waals surface area contributed by atoms with E-state index in [4.69, 9.17) is 4.74 Å². The number of benzene rings is 3. The van der Waals surface area contributed by atoms with Crippen molar-refractivity contribution in [3.05, 3.63) is 100 Å². The molecule has 0 atom stereocenters. The van der Waals surface area contributed by atoms with Crippen molar-refractivity contribution in [3.8, 4) is 17.0 Å². The number of hydrogen-bond donors (Lipinski definition) is 0. The predicted molar refractivity (Wildman–Crippen MR) is 143 cm³/mol. The first-order chi connectivity index (χ1) is 17.4. The fourth-order valence-corrected chi connectivity index (χ4v) is 6.68. The molecule has 0 aliphatic carbocycles. The van der Waals surface area contributed by atoms with E-state index in [1.807, 2.05) is 12.1 Å². The smallest absolute Gasteiger partial charge is 0.266 e. The number of methoxy groups -OCH3 is 1. The van der Waals surface area contributed by atoms with Crippen LogP contribution < -0.4 is 9.04 Å². The normalized spacial score (nSPS) is 11.5. The lowest BCUT2D eigenvalue weighted by atomic mass is 10.0. The highest BCUT2D eigenvalue weighted by molar-refractivity contribution is 9.10. The molecule has 0 bridgehead atoms. The van der Waals surface area contributed by atoms with Gasteiger partial charge in [-0.1, -0.05) is 18.2 Å². The average Bonchev–Trinajstić information content (AvgIpc) is 3.41. The molecule has 0 aliphatic rings. The number of rotatable bonds is 7. The van der Waals surface area contributed by atoms with Crippen molar-refractivity contribution in [1.29, 1.82) is 0 Å². The Balaban J connectivity index is 1.57. The number of fused-ring (bicyclic) bond motifs is 1. The van der Waals surface area contributed by atoms with Gasteiger partial charge in [0.2, 0.25) is 0 Å². The highest BCUT2D eigenvalue weighted by Gasteiger charge is 2.27. The lowest BCUT2D eigenvalue weighted by Gasteiger charge is -2.22. The van der Waals surface area contributed by atoms with Crippen LogP contribution in [0.4, 0.5) is 9.52 Å². The third-order valence-corrected chi connectivity index (χ3v) is 8.93. The molecular weight excluding hydrogens is 565 g/mol. The van der Waals surface area contributed by atoms with Gasteiger partial charge in [0.1, 0.15) is 11.6 Å². The van der Waals surface area contributed by atoms with Crippen molar-refractivity contribution in [2.24, 2.45) is 0 Å². The minimum Gasteiger partial charge on any atom is -0.497 e. The van der Waals surface area contributed by atoms with Crippen molar-refractivity contribution >= 4 is 53.2 Å². The molecule has 2 aromatic heterocycles. The molecule has 0 spiro atoms. The molecule has 10 heteroatoms. The Morgan fingerprint density at radius 2 is 1.81 bits per heavy atom. The van der Waals surface area contributed by atoms with Crippen LogP contribution >= 0.6 is 27.3 Å². The minimum atomic E-state index is -3.95. The molecule has 0 amide bonds. The second-order valence-corrected chi connectivity index (χ2v) is 11.4. The van der Waals surface area contributed by atoms with Crippen molar-refractivity contribution in [3.63, 3.8) is 0 Å². The standard InChI is InChI=1S/C26H19BrFN3O3S2/c1-34-20-5-2-17(3-6-20)16-31(26-30-12-13-35-26)36(32,33)21-7-9-22-18(14-21)10-11-29-25(22)23-8-4-19(28)15-24(23)27/h2-15H,16H2,1H3. The molecule has 0 saturated heterocycles. The van der Waals surface area contributed by atoms with E-state index in [1.165, 1.54) is 27.8 Å². The maximum Gasteiger partial charge on any atom is 0.266 e. The summed E-state index contributed by atoms with van der Waals surface area (Å²) in [5, 5.41) is 3.56. The first kappa shape index (κ1) is 24.4. The van der Waals surface area contributed by atoms with Gasteiger partial charge in [0.25, 0.3) is 10.0 Å². The van der Waals surface area contributed by atoms with E-state index in [0.29, 0.717) is 32.0 Å². The van der Waals surface area contributed by atoms with E-state index in [2.05, 4.69) is 25.9 Å². The summed E-state index contributed by atoms with van der Waals surface area (Å²) in [5.41, 5.74) is 2.13. The number of nitrogens with zero attached hydrogens (tertiary/aromatic N) is 3. The zero-order valence-corrected chi connectivity index (χ0v) is 22.1. The predicted octanol–water partition coefficient (Wildman–Crippen LogP) is 6.66. The number of sulfonamides is 1. The topological polar surface area (TPSA) is 72.4 Å². The number of hydrogen-bond acceptors (Lipinski definition) is 6. The van der Waals surface area contributed by atoms with Crippen LogP contribution in [0.1, 0.15) is 5.56 Å².